The zero-order chi connectivity index (χ0) is 18.2. The fourth-order valence-corrected chi connectivity index (χ4v) is 3.40. The van der Waals surface area contributed by atoms with Crippen molar-refractivity contribution >= 4 is 11.1 Å². The minimum absolute atomic E-state index is 0.650. The smallest absolute Gasteiger partial charge is 0.227 e. The van der Waals surface area contributed by atoms with Gasteiger partial charge < -0.3 is 8.98 Å². The summed E-state index contributed by atoms with van der Waals surface area (Å²) in [6.07, 6.45) is 4.06. The van der Waals surface area contributed by atoms with Gasteiger partial charge in [0, 0.05) is 23.6 Å². The van der Waals surface area contributed by atoms with Crippen LogP contribution in [0.3, 0.4) is 0 Å². The van der Waals surface area contributed by atoms with E-state index in [4.69, 9.17) is 9.40 Å². The van der Waals surface area contributed by atoms with Crippen molar-refractivity contribution in [2.24, 2.45) is 0 Å². The van der Waals surface area contributed by atoms with Gasteiger partial charge in [-0.15, -0.1) is 0 Å². The summed E-state index contributed by atoms with van der Waals surface area (Å²) < 4.78 is 8.16. The molecular weight excluding hydrogens is 332 g/mol. The molecule has 0 atom stereocenters. The molecule has 0 spiro atoms. The molecular formula is C24H18N2O. The van der Waals surface area contributed by atoms with Crippen LogP contribution in [0.4, 0.5) is 0 Å². The summed E-state index contributed by atoms with van der Waals surface area (Å²) in [5.41, 5.74) is 7.25. The van der Waals surface area contributed by atoms with Gasteiger partial charge in [-0.3, -0.25) is 0 Å². The summed E-state index contributed by atoms with van der Waals surface area (Å²) in [6.45, 7) is 2.06. The van der Waals surface area contributed by atoms with Gasteiger partial charge in [-0.2, -0.15) is 0 Å². The highest BCUT2D eigenvalue weighted by atomic mass is 16.3. The van der Waals surface area contributed by atoms with E-state index in [1.165, 1.54) is 11.1 Å². The average molecular weight is 350 g/mol. The Kier molecular flexibility index (Phi) is 3.65. The molecule has 0 radical (unpaired) electrons. The minimum Gasteiger partial charge on any atom is -0.436 e. The van der Waals surface area contributed by atoms with Crippen LogP contribution in [0.2, 0.25) is 0 Å². The van der Waals surface area contributed by atoms with Crippen molar-refractivity contribution in [2.45, 2.75) is 6.92 Å². The first kappa shape index (κ1) is 15.6. The van der Waals surface area contributed by atoms with E-state index in [0.29, 0.717) is 5.89 Å². The molecule has 3 heteroatoms. The molecule has 0 amide bonds. The normalized spacial score (nSPS) is 11.1. The van der Waals surface area contributed by atoms with Crippen molar-refractivity contribution in [1.82, 2.24) is 9.55 Å². The molecule has 0 aliphatic heterocycles. The number of hydrogen-bond acceptors (Lipinski definition) is 2. The number of nitrogens with zero attached hydrogens (tertiary/aromatic N) is 2. The van der Waals surface area contributed by atoms with E-state index in [-0.39, 0.29) is 0 Å². The monoisotopic (exact) mass is 350 g/mol. The highest BCUT2D eigenvalue weighted by Gasteiger charge is 2.12. The van der Waals surface area contributed by atoms with Gasteiger partial charge >= 0.3 is 0 Å². The van der Waals surface area contributed by atoms with Crippen molar-refractivity contribution in [3.05, 3.63) is 96.8 Å². The van der Waals surface area contributed by atoms with Crippen molar-refractivity contribution in [3.8, 4) is 28.3 Å². The average Bonchev–Trinajstić information content (AvgIpc) is 3.39. The highest BCUT2D eigenvalue weighted by molar-refractivity contribution is 5.82. The van der Waals surface area contributed by atoms with E-state index < -0.39 is 0 Å². The zero-order valence-electron chi connectivity index (χ0n) is 15.0. The number of aromatic nitrogens is 2. The van der Waals surface area contributed by atoms with Gasteiger partial charge in [0.1, 0.15) is 5.52 Å². The number of hydrogen-bond donors (Lipinski definition) is 0. The van der Waals surface area contributed by atoms with E-state index in [1.807, 2.05) is 30.6 Å². The van der Waals surface area contributed by atoms with E-state index in [2.05, 4.69) is 72.2 Å². The lowest BCUT2D eigenvalue weighted by Gasteiger charge is -2.03. The molecule has 27 heavy (non-hydrogen) atoms. The van der Waals surface area contributed by atoms with Crippen molar-refractivity contribution in [3.63, 3.8) is 0 Å². The maximum atomic E-state index is 6.08. The Morgan fingerprint density at radius 2 is 1.41 bits per heavy atom. The highest BCUT2D eigenvalue weighted by Crippen LogP contribution is 2.30. The van der Waals surface area contributed by atoms with E-state index in [1.54, 1.807) is 0 Å². The summed E-state index contributed by atoms with van der Waals surface area (Å²) in [5.74, 6) is 0.650. The van der Waals surface area contributed by atoms with Gasteiger partial charge in [0.05, 0.1) is 0 Å². The molecule has 0 aliphatic carbocycles. The van der Waals surface area contributed by atoms with Crippen molar-refractivity contribution in [1.29, 1.82) is 0 Å². The molecule has 5 aromatic rings. The van der Waals surface area contributed by atoms with Crippen LogP contribution in [0, 0.1) is 6.92 Å². The minimum atomic E-state index is 0.650. The molecule has 3 aromatic carbocycles. The predicted molar refractivity (Wildman–Crippen MR) is 109 cm³/mol. The second-order valence-corrected chi connectivity index (χ2v) is 6.66. The molecule has 2 heterocycles. The van der Waals surface area contributed by atoms with Crippen molar-refractivity contribution in [2.75, 3.05) is 0 Å². The summed E-state index contributed by atoms with van der Waals surface area (Å²) in [7, 11) is 0. The number of oxazole rings is 1. The topological polar surface area (TPSA) is 31.0 Å². The Morgan fingerprint density at radius 1 is 0.741 bits per heavy atom. The first-order valence-corrected chi connectivity index (χ1v) is 8.98. The fraction of sp³-hybridized carbons (Fsp3) is 0.0417. The predicted octanol–water partition coefficient (Wildman–Crippen LogP) is 6.26. The molecule has 0 saturated heterocycles. The molecule has 0 fully saturated rings. The van der Waals surface area contributed by atoms with Crippen LogP contribution in [0.5, 0.6) is 0 Å². The molecule has 0 bridgehead atoms. The Morgan fingerprint density at radius 3 is 2.15 bits per heavy atom. The maximum Gasteiger partial charge on any atom is 0.227 e. The Hall–Kier alpha value is -3.59. The molecule has 0 N–H and O–H groups in total. The first-order chi connectivity index (χ1) is 13.3. The third-order valence-electron chi connectivity index (χ3n) is 4.80. The van der Waals surface area contributed by atoms with Crippen LogP contribution in [0.1, 0.15) is 5.56 Å². The second kappa shape index (κ2) is 6.29. The summed E-state index contributed by atoms with van der Waals surface area (Å²) in [4.78, 5) is 4.74. The quantitative estimate of drug-likeness (QED) is 0.384. The van der Waals surface area contributed by atoms with Crippen LogP contribution in [-0.4, -0.2) is 9.55 Å². The molecule has 0 unspecified atom stereocenters. The Labute approximate surface area is 157 Å². The van der Waals surface area contributed by atoms with Gasteiger partial charge in [0.25, 0.3) is 0 Å². The number of benzene rings is 3. The van der Waals surface area contributed by atoms with Crippen molar-refractivity contribution < 1.29 is 4.42 Å². The van der Waals surface area contributed by atoms with Gasteiger partial charge in [0.2, 0.25) is 5.89 Å². The summed E-state index contributed by atoms with van der Waals surface area (Å²) >= 11 is 0. The third-order valence-corrected chi connectivity index (χ3v) is 4.80. The molecule has 3 nitrogen and oxygen atoms in total. The third kappa shape index (κ3) is 2.83. The van der Waals surface area contributed by atoms with Gasteiger partial charge in [-0.05, 0) is 60.0 Å². The van der Waals surface area contributed by atoms with Gasteiger partial charge in [0.15, 0.2) is 5.58 Å². The van der Waals surface area contributed by atoms with Crippen LogP contribution < -0.4 is 0 Å². The molecule has 5 rings (SSSR count). The Balaban J connectivity index is 1.54. The largest absolute Gasteiger partial charge is 0.436 e. The van der Waals surface area contributed by atoms with E-state index in [9.17, 15) is 0 Å². The molecule has 130 valence electrons. The number of fused-ring (bicyclic) bond motifs is 1. The lowest BCUT2D eigenvalue weighted by Crippen LogP contribution is -1.90. The van der Waals surface area contributed by atoms with Gasteiger partial charge in [-0.1, -0.05) is 42.5 Å². The fourth-order valence-electron chi connectivity index (χ4n) is 3.40. The molecule has 0 saturated carbocycles. The van der Waals surface area contributed by atoms with Crippen LogP contribution in [-0.2, 0) is 0 Å². The molecule has 2 aromatic heterocycles. The number of aryl methyl sites for hydroxylation is 1. The van der Waals surface area contributed by atoms with Gasteiger partial charge in [-0.25, -0.2) is 4.98 Å². The van der Waals surface area contributed by atoms with E-state index >= 15 is 0 Å². The van der Waals surface area contributed by atoms with Crippen LogP contribution >= 0.6 is 0 Å². The standard InChI is InChI=1S/C24H18N2O/c1-17-15-21(26-13-5-6-14-26)16-22-23(17)27-24(25-22)20-11-9-19(10-12-20)18-7-3-2-4-8-18/h2-16H,1H3. The Bertz CT molecular complexity index is 1200. The first-order valence-electron chi connectivity index (χ1n) is 8.98. The summed E-state index contributed by atoms with van der Waals surface area (Å²) in [6, 6.07) is 26.9. The molecule has 0 aliphatic rings. The van der Waals surface area contributed by atoms with Crippen LogP contribution in [0.15, 0.2) is 95.7 Å². The van der Waals surface area contributed by atoms with E-state index in [0.717, 1.165) is 27.9 Å². The lowest BCUT2D eigenvalue weighted by molar-refractivity contribution is 0.617. The lowest BCUT2D eigenvalue weighted by atomic mass is 10.0. The van der Waals surface area contributed by atoms with Crippen LogP contribution in [0.25, 0.3) is 39.4 Å². The zero-order valence-corrected chi connectivity index (χ0v) is 15.0. The maximum absolute atomic E-state index is 6.08. The summed E-state index contributed by atoms with van der Waals surface area (Å²) in [5, 5.41) is 0. The SMILES string of the molecule is Cc1cc(-n2cccc2)cc2nc(-c3ccc(-c4ccccc4)cc3)oc12. The number of rotatable bonds is 3. The second-order valence-electron chi connectivity index (χ2n) is 6.66.